The molecule has 0 amide bonds. The van der Waals surface area contributed by atoms with Crippen LogP contribution in [0.4, 0.5) is 0 Å². The molecule has 0 bridgehead atoms. The Kier molecular flexibility index (Phi) is 5.17. The second kappa shape index (κ2) is 6.21. The molecule has 4 heteroatoms. The van der Waals surface area contributed by atoms with Crippen molar-refractivity contribution in [3.05, 3.63) is 29.3 Å². The van der Waals surface area contributed by atoms with Gasteiger partial charge in [0.25, 0.3) is 0 Å². The summed E-state index contributed by atoms with van der Waals surface area (Å²) in [6, 6.07) is 5.82. The van der Waals surface area contributed by atoms with Gasteiger partial charge in [-0.2, -0.15) is 0 Å². The molecule has 0 aromatic heterocycles. The fraction of sp³-hybridized carbons (Fsp3) is 0.500. The molecule has 2 rings (SSSR count). The van der Waals surface area contributed by atoms with Gasteiger partial charge in [0.1, 0.15) is 5.75 Å². The van der Waals surface area contributed by atoms with Gasteiger partial charge in [-0.05, 0) is 44.6 Å². The molecule has 0 spiro atoms. The molecule has 0 N–H and O–H groups in total. The molecule has 0 saturated carbocycles. The Morgan fingerprint density at radius 1 is 1.39 bits per heavy atom. The number of benzene rings is 1. The summed E-state index contributed by atoms with van der Waals surface area (Å²) in [5, 5.41) is 0. The summed E-state index contributed by atoms with van der Waals surface area (Å²) in [7, 11) is 5.65. The fourth-order valence-electron chi connectivity index (χ4n) is 2.43. The second-order valence-corrected chi connectivity index (χ2v) is 4.89. The fourth-order valence-corrected chi connectivity index (χ4v) is 2.43. The van der Waals surface area contributed by atoms with E-state index in [4.69, 9.17) is 4.74 Å². The molecular formula is C14H20ClNO2. The first-order valence-electron chi connectivity index (χ1n) is 5.97. The van der Waals surface area contributed by atoms with E-state index >= 15 is 0 Å². The summed E-state index contributed by atoms with van der Waals surface area (Å²) in [6.45, 7) is 0.829. The predicted molar refractivity (Wildman–Crippen MR) is 74.9 cm³/mol. The Morgan fingerprint density at radius 2 is 2.11 bits per heavy atom. The van der Waals surface area contributed by atoms with E-state index in [-0.39, 0.29) is 24.1 Å². The first kappa shape index (κ1) is 15.0. The lowest BCUT2D eigenvalue weighted by Crippen LogP contribution is -2.31. The first-order valence-corrected chi connectivity index (χ1v) is 5.97. The van der Waals surface area contributed by atoms with Crippen LogP contribution in [0.2, 0.25) is 0 Å². The lowest BCUT2D eigenvalue weighted by Gasteiger charge is -2.25. The minimum Gasteiger partial charge on any atom is -0.497 e. The van der Waals surface area contributed by atoms with Crippen molar-refractivity contribution in [1.29, 1.82) is 0 Å². The van der Waals surface area contributed by atoms with Crippen LogP contribution >= 0.6 is 12.4 Å². The van der Waals surface area contributed by atoms with Crippen LogP contribution in [-0.4, -0.2) is 38.4 Å². The van der Waals surface area contributed by atoms with E-state index in [2.05, 4.69) is 4.90 Å². The normalized spacial score (nSPS) is 18.2. The molecule has 1 atom stereocenters. The van der Waals surface area contributed by atoms with Gasteiger partial charge in [0.05, 0.1) is 7.11 Å². The molecule has 1 aliphatic carbocycles. The van der Waals surface area contributed by atoms with Crippen LogP contribution in [-0.2, 0) is 6.42 Å². The Labute approximate surface area is 115 Å². The van der Waals surface area contributed by atoms with Crippen molar-refractivity contribution in [3.63, 3.8) is 0 Å². The maximum Gasteiger partial charge on any atom is 0.167 e. The zero-order chi connectivity index (χ0) is 12.4. The quantitative estimate of drug-likeness (QED) is 0.844. The highest BCUT2D eigenvalue weighted by atomic mass is 35.5. The second-order valence-electron chi connectivity index (χ2n) is 4.89. The summed E-state index contributed by atoms with van der Waals surface area (Å²) in [5.74, 6) is 1.16. The third-order valence-electron chi connectivity index (χ3n) is 3.30. The van der Waals surface area contributed by atoms with Crippen molar-refractivity contribution >= 4 is 18.2 Å². The number of aryl methyl sites for hydroxylation is 1. The number of methoxy groups -OCH3 is 1. The van der Waals surface area contributed by atoms with Gasteiger partial charge < -0.3 is 9.64 Å². The Balaban J connectivity index is 0.00000162. The zero-order valence-corrected chi connectivity index (χ0v) is 11.9. The number of nitrogens with zero attached hydrogens (tertiary/aromatic N) is 1. The van der Waals surface area contributed by atoms with E-state index in [0.717, 1.165) is 36.3 Å². The molecule has 1 aliphatic rings. The topological polar surface area (TPSA) is 29.5 Å². The van der Waals surface area contributed by atoms with Gasteiger partial charge in [-0.25, -0.2) is 0 Å². The lowest BCUT2D eigenvalue weighted by molar-refractivity contribution is 0.0877. The largest absolute Gasteiger partial charge is 0.497 e. The molecule has 0 fully saturated rings. The van der Waals surface area contributed by atoms with Crippen molar-refractivity contribution < 1.29 is 9.53 Å². The molecule has 1 aromatic carbocycles. The summed E-state index contributed by atoms with van der Waals surface area (Å²) < 4.78 is 5.18. The van der Waals surface area contributed by atoms with Crippen LogP contribution in [0.3, 0.4) is 0 Å². The Bertz CT molecular complexity index is 432. The Hall–Kier alpha value is -1.06. The molecule has 0 aliphatic heterocycles. The van der Waals surface area contributed by atoms with Crippen molar-refractivity contribution in [2.45, 2.75) is 12.8 Å². The summed E-state index contributed by atoms with van der Waals surface area (Å²) in [4.78, 5) is 14.4. The summed E-state index contributed by atoms with van der Waals surface area (Å²) in [6.07, 6.45) is 1.94. The number of Topliss-reactive ketones (excluding diaryl/α,β-unsaturated/α-hetero) is 1. The molecular weight excluding hydrogens is 250 g/mol. The van der Waals surface area contributed by atoms with E-state index in [1.165, 1.54) is 0 Å². The van der Waals surface area contributed by atoms with Crippen LogP contribution in [0.1, 0.15) is 22.3 Å². The van der Waals surface area contributed by atoms with Crippen LogP contribution in [0.15, 0.2) is 18.2 Å². The van der Waals surface area contributed by atoms with Crippen molar-refractivity contribution in [2.75, 3.05) is 27.7 Å². The number of hydrogen-bond acceptors (Lipinski definition) is 3. The number of carbonyl (C=O) groups excluding carboxylic acids is 1. The van der Waals surface area contributed by atoms with Gasteiger partial charge in [0.15, 0.2) is 5.78 Å². The van der Waals surface area contributed by atoms with E-state index in [0.29, 0.717) is 0 Å². The van der Waals surface area contributed by atoms with Gasteiger partial charge in [-0.1, -0.05) is 6.07 Å². The number of fused-ring (bicyclic) bond motifs is 1. The highest BCUT2D eigenvalue weighted by Gasteiger charge is 2.27. The van der Waals surface area contributed by atoms with Gasteiger partial charge >= 0.3 is 0 Å². The molecule has 100 valence electrons. The third-order valence-corrected chi connectivity index (χ3v) is 3.30. The number of halogens is 1. The maximum absolute atomic E-state index is 12.3. The average molecular weight is 270 g/mol. The number of rotatable bonds is 3. The highest BCUT2D eigenvalue weighted by molar-refractivity contribution is 6.00. The SMILES string of the molecule is COc1ccc2c(c1)C(=O)C(CN(C)C)CC2.Cl. The first-order chi connectivity index (χ1) is 8.11. The molecule has 0 saturated heterocycles. The van der Waals surface area contributed by atoms with Gasteiger partial charge in [-0.15, -0.1) is 12.4 Å². The third kappa shape index (κ3) is 3.03. The smallest absolute Gasteiger partial charge is 0.167 e. The minimum absolute atomic E-state index is 0. The van der Waals surface area contributed by atoms with Crippen molar-refractivity contribution in [2.24, 2.45) is 5.92 Å². The molecule has 1 unspecified atom stereocenters. The monoisotopic (exact) mass is 269 g/mol. The summed E-state index contributed by atoms with van der Waals surface area (Å²) >= 11 is 0. The van der Waals surface area contributed by atoms with Gasteiger partial charge in [0, 0.05) is 18.0 Å². The molecule has 1 aromatic rings. The van der Waals surface area contributed by atoms with E-state index in [9.17, 15) is 4.79 Å². The molecule has 0 radical (unpaired) electrons. The highest BCUT2D eigenvalue weighted by Crippen LogP contribution is 2.28. The van der Waals surface area contributed by atoms with Crippen LogP contribution in [0.25, 0.3) is 0 Å². The number of ketones is 1. The van der Waals surface area contributed by atoms with Gasteiger partial charge in [-0.3, -0.25) is 4.79 Å². The number of carbonyl (C=O) groups is 1. The van der Waals surface area contributed by atoms with Crippen LogP contribution in [0.5, 0.6) is 5.75 Å². The lowest BCUT2D eigenvalue weighted by atomic mass is 9.82. The van der Waals surface area contributed by atoms with Crippen molar-refractivity contribution in [1.82, 2.24) is 4.90 Å². The van der Waals surface area contributed by atoms with E-state index < -0.39 is 0 Å². The van der Waals surface area contributed by atoms with E-state index in [1.807, 2.05) is 32.3 Å². The van der Waals surface area contributed by atoms with Crippen LogP contribution in [0, 0.1) is 5.92 Å². The summed E-state index contributed by atoms with van der Waals surface area (Å²) in [5.41, 5.74) is 2.01. The molecule has 18 heavy (non-hydrogen) atoms. The van der Waals surface area contributed by atoms with E-state index in [1.54, 1.807) is 7.11 Å². The Morgan fingerprint density at radius 3 is 2.72 bits per heavy atom. The average Bonchev–Trinajstić information content (AvgIpc) is 2.32. The molecule has 0 heterocycles. The molecule has 3 nitrogen and oxygen atoms in total. The van der Waals surface area contributed by atoms with Crippen LogP contribution < -0.4 is 4.74 Å². The number of ether oxygens (including phenoxy) is 1. The zero-order valence-electron chi connectivity index (χ0n) is 11.1. The number of hydrogen-bond donors (Lipinski definition) is 0. The predicted octanol–water partition coefficient (Wildman–Crippen LogP) is 2.42. The maximum atomic E-state index is 12.3. The standard InChI is InChI=1S/C14H19NO2.ClH/c1-15(2)9-11-5-4-10-6-7-12(17-3)8-13(10)14(11)16;/h6-8,11H,4-5,9H2,1-3H3;1H. The van der Waals surface area contributed by atoms with Gasteiger partial charge in [0.2, 0.25) is 0 Å². The minimum atomic E-state index is 0. The van der Waals surface area contributed by atoms with Crippen molar-refractivity contribution in [3.8, 4) is 5.75 Å².